The van der Waals surface area contributed by atoms with Crippen molar-refractivity contribution in [1.82, 2.24) is 9.88 Å². The summed E-state index contributed by atoms with van der Waals surface area (Å²) in [4.78, 5) is 20.6. The van der Waals surface area contributed by atoms with E-state index in [1.165, 1.54) is 5.56 Å². The number of nitrogens with zero attached hydrogens (tertiary/aromatic N) is 3. The molecule has 0 radical (unpaired) electrons. The number of hydrogen-bond donors (Lipinski definition) is 1. The van der Waals surface area contributed by atoms with Crippen molar-refractivity contribution in [3.05, 3.63) is 42.1 Å². The molecule has 2 aromatic rings. The maximum Gasteiger partial charge on any atom is 0.262 e. The molecule has 0 bridgehead atoms. The van der Waals surface area contributed by atoms with Crippen molar-refractivity contribution in [3.8, 4) is 11.5 Å². The minimum absolute atomic E-state index is 0.0899. The molecule has 1 N–H and O–H groups in total. The summed E-state index contributed by atoms with van der Waals surface area (Å²) >= 11 is 0. The summed E-state index contributed by atoms with van der Waals surface area (Å²) in [5, 5.41) is 2.87. The smallest absolute Gasteiger partial charge is 0.262 e. The fourth-order valence-corrected chi connectivity index (χ4v) is 3.32. The molecule has 1 saturated heterocycles. The molecule has 0 saturated carbocycles. The number of carbonyl (C=O) groups is 1. The zero-order valence-electron chi connectivity index (χ0n) is 14.8. The molecule has 7 nitrogen and oxygen atoms in total. The van der Waals surface area contributed by atoms with Crippen LogP contribution in [0.2, 0.25) is 0 Å². The van der Waals surface area contributed by atoms with Crippen LogP contribution >= 0.6 is 0 Å². The van der Waals surface area contributed by atoms with Gasteiger partial charge in [-0.3, -0.25) is 9.69 Å². The molecule has 7 heteroatoms. The van der Waals surface area contributed by atoms with E-state index in [9.17, 15) is 4.79 Å². The van der Waals surface area contributed by atoms with E-state index in [0.717, 1.165) is 55.7 Å². The summed E-state index contributed by atoms with van der Waals surface area (Å²) in [6.07, 6.45) is 1.78. The number of carbonyl (C=O) groups excluding carboxylic acids is 1. The first-order valence-electron chi connectivity index (χ1n) is 8.74. The van der Waals surface area contributed by atoms with Gasteiger partial charge in [0.15, 0.2) is 6.61 Å². The molecular formula is C19H22N4O3. The summed E-state index contributed by atoms with van der Waals surface area (Å²) in [5.74, 6) is 2.42. The van der Waals surface area contributed by atoms with Crippen molar-refractivity contribution in [3.63, 3.8) is 0 Å². The molecule has 0 spiro atoms. The van der Waals surface area contributed by atoms with Crippen LogP contribution in [0.5, 0.6) is 11.5 Å². The molecule has 1 aromatic carbocycles. The Kier molecular flexibility index (Phi) is 4.62. The second kappa shape index (κ2) is 7.21. The second-order valence-electron chi connectivity index (χ2n) is 6.48. The minimum Gasteiger partial charge on any atom is -0.497 e. The van der Waals surface area contributed by atoms with E-state index in [1.807, 2.05) is 24.3 Å². The monoisotopic (exact) mass is 354 g/mol. The number of amides is 1. The van der Waals surface area contributed by atoms with Gasteiger partial charge in [-0.1, -0.05) is 6.07 Å². The molecule has 4 rings (SSSR count). The van der Waals surface area contributed by atoms with E-state index in [0.29, 0.717) is 0 Å². The lowest BCUT2D eigenvalue weighted by molar-refractivity contribution is -0.118. The number of fused-ring (bicyclic) bond motifs is 1. The van der Waals surface area contributed by atoms with Gasteiger partial charge in [0.05, 0.1) is 12.8 Å². The quantitative estimate of drug-likeness (QED) is 0.902. The fraction of sp³-hybridized carbons (Fsp3) is 0.368. The molecule has 2 aliphatic rings. The van der Waals surface area contributed by atoms with Crippen LogP contribution in [0, 0.1) is 0 Å². The standard InChI is InChI=1S/C19H22N4O3/c1-25-15-4-5-20-18(11-15)23-8-6-22(7-9-23)12-14-2-3-17-16(10-14)21-19(24)13-26-17/h2-5,10-11H,6-9,12-13H2,1H3,(H,21,24). The number of rotatable bonds is 4. The molecule has 3 heterocycles. The third kappa shape index (κ3) is 3.57. The van der Waals surface area contributed by atoms with Crippen molar-refractivity contribution in [2.45, 2.75) is 6.54 Å². The second-order valence-corrected chi connectivity index (χ2v) is 6.48. The minimum atomic E-state index is -0.103. The number of ether oxygens (including phenoxy) is 2. The van der Waals surface area contributed by atoms with Crippen LogP contribution in [-0.4, -0.2) is 55.7 Å². The molecule has 1 fully saturated rings. The third-order valence-corrected chi connectivity index (χ3v) is 4.73. The number of hydrogen-bond acceptors (Lipinski definition) is 6. The predicted molar refractivity (Wildman–Crippen MR) is 98.8 cm³/mol. The van der Waals surface area contributed by atoms with Crippen LogP contribution in [0.4, 0.5) is 11.5 Å². The Morgan fingerprint density at radius 3 is 2.85 bits per heavy atom. The lowest BCUT2D eigenvalue weighted by atomic mass is 10.1. The summed E-state index contributed by atoms with van der Waals surface area (Å²) in [7, 11) is 1.67. The van der Waals surface area contributed by atoms with E-state index in [4.69, 9.17) is 9.47 Å². The lowest BCUT2D eigenvalue weighted by Gasteiger charge is -2.35. The molecule has 26 heavy (non-hydrogen) atoms. The molecule has 136 valence electrons. The molecule has 1 amide bonds. The Bertz CT molecular complexity index is 803. The van der Waals surface area contributed by atoms with Gasteiger partial charge in [0.2, 0.25) is 0 Å². The normalized spacial score (nSPS) is 17.3. The summed E-state index contributed by atoms with van der Waals surface area (Å²) in [5.41, 5.74) is 1.93. The fourth-order valence-electron chi connectivity index (χ4n) is 3.32. The number of benzene rings is 1. The van der Waals surface area contributed by atoms with Gasteiger partial charge in [-0.15, -0.1) is 0 Å². The number of pyridine rings is 1. The van der Waals surface area contributed by atoms with Crippen molar-refractivity contribution >= 4 is 17.4 Å². The van der Waals surface area contributed by atoms with Gasteiger partial charge in [-0.05, 0) is 23.8 Å². The van der Waals surface area contributed by atoms with Gasteiger partial charge in [0, 0.05) is 45.0 Å². The van der Waals surface area contributed by atoms with Gasteiger partial charge >= 0.3 is 0 Å². The van der Waals surface area contributed by atoms with Crippen LogP contribution in [0.15, 0.2) is 36.5 Å². The average molecular weight is 354 g/mol. The van der Waals surface area contributed by atoms with Crippen LogP contribution in [0.25, 0.3) is 0 Å². The number of aromatic nitrogens is 1. The van der Waals surface area contributed by atoms with E-state index in [1.54, 1.807) is 13.3 Å². The van der Waals surface area contributed by atoms with E-state index in [2.05, 4.69) is 26.2 Å². The molecule has 0 atom stereocenters. The van der Waals surface area contributed by atoms with Crippen LogP contribution in [-0.2, 0) is 11.3 Å². The van der Waals surface area contributed by atoms with E-state index < -0.39 is 0 Å². The van der Waals surface area contributed by atoms with Crippen molar-refractivity contribution in [2.75, 3.05) is 50.1 Å². The molecule has 1 aromatic heterocycles. The molecular weight excluding hydrogens is 332 g/mol. The van der Waals surface area contributed by atoms with Crippen molar-refractivity contribution < 1.29 is 14.3 Å². The van der Waals surface area contributed by atoms with Crippen LogP contribution < -0.4 is 19.7 Å². The molecule has 0 unspecified atom stereocenters. The zero-order chi connectivity index (χ0) is 17.9. The summed E-state index contributed by atoms with van der Waals surface area (Å²) < 4.78 is 10.7. The first kappa shape index (κ1) is 16.7. The summed E-state index contributed by atoms with van der Waals surface area (Å²) in [6.45, 7) is 4.70. The number of anilines is 2. The Hall–Kier alpha value is -2.80. The van der Waals surface area contributed by atoms with Crippen molar-refractivity contribution in [1.29, 1.82) is 0 Å². The SMILES string of the molecule is COc1ccnc(N2CCN(Cc3ccc4c(c3)NC(=O)CO4)CC2)c1. The lowest BCUT2D eigenvalue weighted by Crippen LogP contribution is -2.46. The van der Waals surface area contributed by atoms with Gasteiger partial charge in [0.1, 0.15) is 17.3 Å². The predicted octanol–water partition coefficient (Wildman–Crippen LogP) is 1.74. The average Bonchev–Trinajstić information content (AvgIpc) is 2.68. The Labute approximate surface area is 152 Å². The maximum atomic E-state index is 11.5. The van der Waals surface area contributed by atoms with E-state index in [-0.39, 0.29) is 12.5 Å². The van der Waals surface area contributed by atoms with Gasteiger partial charge in [-0.25, -0.2) is 4.98 Å². The number of nitrogens with one attached hydrogen (secondary N) is 1. The van der Waals surface area contributed by atoms with Gasteiger partial charge in [-0.2, -0.15) is 0 Å². The zero-order valence-corrected chi connectivity index (χ0v) is 14.8. The Morgan fingerprint density at radius 2 is 2.04 bits per heavy atom. The highest BCUT2D eigenvalue weighted by Gasteiger charge is 2.20. The topological polar surface area (TPSA) is 66.9 Å². The van der Waals surface area contributed by atoms with Crippen LogP contribution in [0.1, 0.15) is 5.56 Å². The van der Waals surface area contributed by atoms with E-state index >= 15 is 0 Å². The highest BCUT2D eigenvalue weighted by Crippen LogP contribution is 2.29. The maximum absolute atomic E-state index is 11.5. The Morgan fingerprint density at radius 1 is 1.19 bits per heavy atom. The van der Waals surface area contributed by atoms with Gasteiger partial charge < -0.3 is 19.7 Å². The molecule has 0 aliphatic carbocycles. The number of methoxy groups -OCH3 is 1. The summed E-state index contributed by atoms with van der Waals surface area (Å²) in [6, 6.07) is 9.83. The van der Waals surface area contributed by atoms with Gasteiger partial charge in [0.25, 0.3) is 5.91 Å². The highest BCUT2D eigenvalue weighted by molar-refractivity contribution is 5.95. The number of piperazine rings is 1. The molecule has 2 aliphatic heterocycles. The highest BCUT2D eigenvalue weighted by atomic mass is 16.5. The van der Waals surface area contributed by atoms with Crippen molar-refractivity contribution in [2.24, 2.45) is 0 Å². The third-order valence-electron chi connectivity index (χ3n) is 4.73. The first-order chi connectivity index (χ1) is 12.7. The largest absolute Gasteiger partial charge is 0.497 e. The van der Waals surface area contributed by atoms with Crippen LogP contribution in [0.3, 0.4) is 0 Å². The Balaban J connectivity index is 1.36. The first-order valence-corrected chi connectivity index (χ1v) is 8.74.